The number of hydrogen-bond donors (Lipinski definition) is 0. The summed E-state index contributed by atoms with van der Waals surface area (Å²) >= 11 is 0. The summed E-state index contributed by atoms with van der Waals surface area (Å²) in [6.45, 7) is 8.81. The first-order chi connectivity index (χ1) is 10.6. The van der Waals surface area contributed by atoms with Crippen LogP contribution in [0.25, 0.3) is 22.0 Å². The number of aryl methyl sites for hydroxylation is 2. The highest BCUT2D eigenvalue weighted by Gasteiger charge is 2.09. The van der Waals surface area contributed by atoms with Crippen molar-refractivity contribution in [2.75, 3.05) is 0 Å². The van der Waals surface area contributed by atoms with E-state index < -0.39 is 0 Å². The van der Waals surface area contributed by atoms with Gasteiger partial charge in [-0.1, -0.05) is 49.2 Å². The summed E-state index contributed by atoms with van der Waals surface area (Å²) in [4.78, 5) is 4.65. The SMILES string of the molecule is CCC(C)c1ccc2c(-c3cc(C)cc(C)c3)nccc2c1. The molecule has 1 unspecified atom stereocenters. The molecule has 22 heavy (non-hydrogen) atoms. The fourth-order valence-electron chi connectivity index (χ4n) is 3.08. The van der Waals surface area contributed by atoms with Gasteiger partial charge in [0, 0.05) is 17.1 Å². The van der Waals surface area contributed by atoms with E-state index in [4.69, 9.17) is 0 Å². The van der Waals surface area contributed by atoms with Gasteiger partial charge in [-0.3, -0.25) is 4.98 Å². The van der Waals surface area contributed by atoms with Crippen LogP contribution in [0.4, 0.5) is 0 Å². The summed E-state index contributed by atoms with van der Waals surface area (Å²) in [5.41, 5.74) is 6.27. The first-order valence-corrected chi connectivity index (χ1v) is 8.06. The van der Waals surface area contributed by atoms with E-state index in [2.05, 4.69) is 75.1 Å². The predicted molar refractivity (Wildman–Crippen MR) is 95.4 cm³/mol. The molecule has 0 radical (unpaired) electrons. The van der Waals surface area contributed by atoms with Gasteiger partial charge >= 0.3 is 0 Å². The third-order valence-corrected chi connectivity index (χ3v) is 4.47. The van der Waals surface area contributed by atoms with Crippen LogP contribution in [0.15, 0.2) is 48.7 Å². The molecule has 3 aromatic rings. The zero-order chi connectivity index (χ0) is 15.7. The molecule has 0 saturated carbocycles. The molecule has 2 aromatic carbocycles. The Bertz CT molecular complexity index is 797. The van der Waals surface area contributed by atoms with Gasteiger partial charge in [0.05, 0.1) is 5.69 Å². The Morgan fingerprint density at radius 3 is 2.36 bits per heavy atom. The van der Waals surface area contributed by atoms with Gasteiger partial charge in [0.15, 0.2) is 0 Å². The van der Waals surface area contributed by atoms with E-state index >= 15 is 0 Å². The van der Waals surface area contributed by atoms with Crippen LogP contribution < -0.4 is 0 Å². The summed E-state index contributed by atoms with van der Waals surface area (Å²) < 4.78 is 0. The Kier molecular flexibility index (Phi) is 3.98. The highest BCUT2D eigenvalue weighted by molar-refractivity contribution is 5.95. The molecule has 1 heteroatoms. The summed E-state index contributed by atoms with van der Waals surface area (Å²) in [7, 11) is 0. The second kappa shape index (κ2) is 5.92. The molecule has 1 aromatic heterocycles. The van der Waals surface area contributed by atoms with Crippen LogP contribution in [0.3, 0.4) is 0 Å². The van der Waals surface area contributed by atoms with Crippen molar-refractivity contribution in [1.29, 1.82) is 0 Å². The van der Waals surface area contributed by atoms with Crippen molar-refractivity contribution in [1.82, 2.24) is 4.98 Å². The summed E-state index contributed by atoms with van der Waals surface area (Å²) in [6, 6.07) is 15.6. The van der Waals surface area contributed by atoms with E-state index in [1.807, 2.05) is 6.20 Å². The van der Waals surface area contributed by atoms with Crippen LogP contribution in [0.2, 0.25) is 0 Å². The molecule has 1 atom stereocenters. The maximum atomic E-state index is 4.65. The molecule has 0 aliphatic heterocycles. The van der Waals surface area contributed by atoms with Crippen molar-refractivity contribution in [3.63, 3.8) is 0 Å². The van der Waals surface area contributed by atoms with Gasteiger partial charge in [-0.25, -0.2) is 0 Å². The average molecular weight is 289 g/mol. The minimum Gasteiger partial charge on any atom is -0.256 e. The van der Waals surface area contributed by atoms with Crippen molar-refractivity contribution in [2.24, 2.45) is 0 Å². The molecule has 0 N–H and O–H groups in total. The highest BCUT2D eigenvalue weighted by Crippen LogP contribution is 2.30. The van der Waals surface area contributed by atoms with E-state index in [1.54, 1.807) is 0 Å². The fraction of sp³-hybridized carbons (Fsp3) is 0.286. The van der Waals surface area contributed by atoms with E-state index in [9.17, 15) is 0 Å². The Labute approximate surface area is 133 Å². The summed E-state index contributed by atoms with van der Waals surface area (Å²) in [5, 5.41) is 2.52. The number of nitrogens with zero attached hydrogens (tertiary/aromatic N) is 1. The maximum Gasteiger partial charge on any atom is 0.0780 e. The predicted octanol–water partition coefficient (Wildman–Crippen LogP) is 6.03. The molecule has 1 heterocycles. The van der Waals surface area contributed by atoms with Crippen LogP contribution in [0.5, 0.6) is 0 Å². The first kappa shape index (κ1) is 14.8. The topological polar surface area (TPSA) is 12.9 Å². The standard InChI is InChI=1S/C21H23N/c1-5-16(4)17-6-7-20-18(13-17)8-9-22-21(20)19-11-14(2)10-15(3)12-19/h6-13,16H,5H2,1-4H3. The number of aromatic nitrogens is 1. The minimum absolute atomic E-state index is 0.599. The van der Waals surface area contributed by atoms with Crippen molar-refractivity contribution < 1.29 is 0 Å². The molecule has 0 aliphatic rings. The Hall–Kier alpha value is -2.15. The Balaban J connectivity index is 2.18. The normalized spacial score (nSPS) is 12.5. The molecule has 112 valence electrons. The second-order valence-electron chi connectivity index (χ2n) is 6.33. The Morgan fingerprint density at radius 1 is 0.955 bits per heavy atom. The molecule has 0 amide bonds. The molecule has 0 spiro atoms. The van der Waals surface area contributed by atoms with Crippen molar-refractivity contribution in [2.45, 2.75) is 40.0 Å². The van der Waals surface area contributed by atoms with Crippen molar-refractivity contribution >= 4 is 10.8 Å². The third-order valence-electron chi connectivity index (χ3n) is 4.47. The lowest BCUT2D eigenvalue weighted by Gasteiger charge is -2.12. The van der Waals surface area contributed by atoms with Crippen LogP contribution in [-0.4, -0.2) is 4.98 Å². The van der Waals surface area contributed by atoms with Crippen molar-refractivity contribution in [3.05, 3.63) is 65.4 Å². The largest absolute Gasteiger partial charge is 0.256 e. The monoisotopic (exact) mass is 289 g/mol. The van der Waals surface area contributed by atoms with Gasteiger partial charge in [-0.15, -0.1) is 0 Å². The average Bonchev–Trinajstić information content (AvgIpc) is 2.52. The van der Waals surface area contributed by atoms with Gasteiger partial charge in [0.1, 0.15) is 0 Å². The number of rotatable bonds is 3. The molecular weight excluding hydrogens is 266 g/mol. The van der Waals surface area contributed by atoms with Gasteiger partial charge in [0.2, 0.25) is 0 Å². The zero-order valence-corrected chi connectivity index (χ0v) is 13.9. The van der Waals surface area contributed by atoms with Crippen LogP contribution in [0.1, 0.15) is 42.9 Å². The lowest BCUT2D eigenvalue weighted by molar-refractivity contribution is 0.735. The van der Waals surface area contributed by atoms with Gasteiger partial charge < -0.3 is 0 Å². The lowest BCUT2D eigenvalue weighted by Crippen LogP contribution is -1.93. The lowest BCUT2D eigenvalue weighted by atomic mass is 9.94. The molecular formula is C21H23N. The fourth-order valence-corrected chi connectivity index (χ4v) is 3.08. The van der Waals surface area contributed by atoms with Gasteiger partial charge in [-0.05, 0) is 55.3 Å². The number of fused-ring (bicyclic) bond motifs is 1. The maximum absolute atomic E-state index is 4.65. The first-order valence-electron chi connectivity index (χ1n) is 8.06. The van der Waals surface area contributed by atoms with Crippen molar-refractivity contribution in [3.8, 4) is 11.3 Å². The van der Waals surface area contributed by atoms with E-state index in [-0.39, 0.29) is 0 Å². The number of pyridine rings is 1. The quantitative estimate of drug-likeness (QED) is 0.573. The smallest absolute Gasteiger partial charge is 0.0780 e. The second-order valence-corrected chi connectivity index (χ2v) is 6.33. The summed E-state index contributed by atoms with van der Waals surface area (Å²) in [5.74, 6) is 0.599. The van der Waals surface area contributed by atoms with Crippen LogP contribution in [-0.2, 0) is 0 Å². The summed E-state index contributed by atoms with van der Waals surface area (Å²) in [6.07, 6.45) is 3.09. The van der Waals surface area contributed by atoms with E-state index in [0.29, 0.717) is 5.92 Å². The van der Waals surface area contributed by atoms with Crippen LogP contribution in [0, 0.1) is 13.8 Å². The van der Waals surface area contributed by atoms with E-state index in [0.717, 1.165) is 5.69 Å². The number of hydrogen-bond acceptors (Lipinski definition) is 1. The van der Waals surface area contributed by atoms with Gasteiger partial charge in [0.25, 0.3) is 0 Å². The zero-order valence-electron chi connectivity index (χ0n) is 13.9. The molecule has 0 bridgehead atoms. The Morgan fingerprint density at radius 2 is 1.68 bits per heavy atom. The molecule has 0 fully saturated rings. The minimum atomic E-state index is 0.599. The third kappa shape index (κ3) is 2.76. The molecule has 0 aliphatic carbocycles. The van der Waals surface area contributed by atoms with Gasteiger partial charge in [-0.2, -0.15) is 0 Å². The number of benzene rings is 2. The molecule has 0 saturated heterocycles. The molecule has 3 rings (SSSR count). The highest BCUT2D eigenvalue weighted by atomic mass is 14.7. The van der Waals surface area contributed by atoms with E-state index in [1.165, 1.54) is 39.4 Å². The van der Waals surface area contributed by atoms with Crippen LogP contribution >= 0.6 is 0 Å². The molecule has 1 nitrogen and oxygen atoms in total.